The lowest BCUT2D eigenvalue weighted by atomic mass is 10.3. The molecular weight excluding hydrogens is 244 g/mol. The Morgan fingerprint density at radius 2 is 1.95 bits per heavy atom. The van der Waals surface area contributed by atoms with E-state index < -0.39 is 5.72 Å². The summed E-state index contributed by atoms with van der Waals surface area (Å²) in [6.07, 6.45) is 0.803. The Morgan fingerprint density at radius 3 is 2.47 bits per heavy atom. The number of rotatable bonds is 7. The van der Waals surface area contributed by atoms with E-state index in [2.05, 4.69) is 10.6 Å². The number of hydrogen-bond acceptors (Lipinski definition) is 4. The minimum Gasteiger partial charge on any atom is -0.494 e. The molecule has 0 saturated heterocycles. The second-order valence-electron chi connectivity index (χ2n) is 4.89. The van der Waals surface area contributed by atoms with E-state index in [9.17, 15) is 9.90 Å². The van der Waals surface area contributed by atoms with Gasteiger partial charge in [-0.3, -0.25) is 10.1 Å². The molecule has 1 rings (SSSR count). The van der Waals surface area contributed by atoms with Crippen LogP contribution in [0.25, 0.3) is 0 Å². The van der Waals surface area contributed by atoms with Crippen molar-refractivity contribution in [2.75, 3.05) is 18.5 Å². The van der Waals surface area contributed by atoms with Gasteiger partial charge in [0, 0.05) is 19.2 Å². The van der Waals surface area contributed by atoms with Gasteiger partial charge in [0.1, 0.15) is 11.5 Å². The summed E-state index contributed by atoms with van der Waals surface area (Å²) in [6, 6.07) is 7.22. The van der Waals surface area contributed by atoms with Crippen molar-refractivity contribution in [3.63, 3.8) is 0 Å². The molecule has 0 aliphatic carbocycles. The SMILES string of the molecule is CC(=O)Nc1ccc(OCCCNC(C)(C)O)cc1. The molecule has 5 heteroatoms. The summed E-state index contributed by atoms with van der Waals surface area (Å²) in [5.41, 5.74) is -0.0939. The number of ether oxygens (including phenoxy) is 1. The lowest BCUT2D eigenvalue weighted by Crippen LogP contribution is -2.39. The van der Waals surface area contributed by atoms with Crippen LogP contribution in [0.5, 0.6) is 5.75 Å². The predicted octanol–water partition coefficient (Wildman–Crippen LogP) is 1.73. The molecule has 0 aliphatic heterocycles. The van der Waals surface area contributed by atoms with Crippen LogP contribution in [0.15, 0.2) is 24.3 Å². The lowest BCUT2D eigenvalue weighted by Gasteiger charge is -2.19. The van der Waals surface area contributed by atoms with Gasteiger partial charge in [0.15, 0.2) is 0 Å². The van der Waals surface area contributed by atoms with Gasteiger partial charge in [0.2, 0.25) is 5.91 Å². The van der Waals surface area contributed by atoms with Crippen LogP contribution in [0.3, 0.4) is 0 Å². The highest BCUT2D eigenvalue weighted by molar-refractivity contribution is 5.88. The van der Waals surface area contributed by atoms with Crippen molar-refractivity contribution in [2.45, 2.75) is 32.9 Å². The van der Waals surface area contributed by atoms with E-state index in [1.165, 1.54) is 6.92 Å². The quantitative estimate of drug-likeness (QED) is 0.519. The van der Waals surface area contributed by atoms with E-state index >= 15 is 0 Å². The van der Waals surface area contributed by atoms with Gasteiger partial charge in [-0.1, -0.05) is 0 Å². The number of amides is 1. The van der Waals surface area contributed by atoms with Crippen LogP contribution >= 0.6 is 0 Å². The number of nitrogens with one attached hydrogen (secondary N) is 2. The molecule has 3 N–H and O–H groups in total. The van der Waals surface area contributed by atoms with E-state index in [-0.39, 0.29) is 5.91 Å². The number of hydrogen-bond donors (Lipinski definition) is 3. The Bertz CT molecular complexity index is 396. The molecule has 0 bridgehead atoms. The fourth-order valence-electron chi connectivity index (χ4n) is 1.49. The maximum atomic E-state index is 10.9. The van der Waals surface area contributed by atoms with Crippen molar-refractivity contribution >= 4 is 11.6 Å². The summed E-state index contributed by atoms with van der Waals surface area (Å²) in [5, 5.41) is 15.1. The highest BCUT2D eigenvalue weighted by Crippen LogP contribution is 2.15. The molecule has 0 saturated carbocycles. The van der Waals surface area contributed by atoms with Gasteiger partial charge in [0.05, 0.1) is 6.61 Å². The minimum atomic E-state index is -0.847. The van der Waals surface area contributed by atoms with Crippen molar-refractivity contribution in [2.24, 2.45) is 0 Å². The number of carbonyl (C=O) groups is 1. The zero-order valence-electron chi connectivity index (χ0n) is 11.7. The zero-order valence-corrected chi connectivity index (χ0v) is 11.7. The standard InChI is InChI=1S/C14H22N2O3/c1-11(17)16-12-5-7-13(8-6-12)19-10-4-9-15-14(2,3)18/h5-8,15,18H,4,9-10H2,1-3H3,(H,16,17). The molecule has 1 amide bonds. The molecule has 0 spiro atoms. The number of anilines is 1. The highest BCUT2D eigenvalue weighted by atomic mass is 16.5. The molecule has 0 radical (unpaired) electrons. The summed E-state index contributed by atoms with van der Waals surface area (Å²) < 4.78 is 5.55. The predicted molar refractivity (Wildman–Crippen MR) is 75.2 cm³/mol. The van der Waals surface area contributed by atoms with E-state index in [0.29, 0.717) is 13.2 Å². The summed E-state index contributed by atoms with van der Waals surface area (Å²) in [4.78, 5) is 10.9. The largest absolute Gasteiger partial charge is 0.494 e. The first-order valence-corrected chi connectivity index (χ1v) is 6.35. The second-order valence-corrected chi connectivity index (χ2v) is 4.89. The van der Waals surface area contributed by atoms with Crippen molar-refractivity contribution in [1.82, 2.24) is 5.32 Å². The van der Waals surface area contributed by atoms with E-state index in [0.717, 1.165) is 17.9 Å². The Kier molecular flexibility index (Phi) is 5.79. The average Bonchev–Trinajstić information content (AvgIpc) is 2.28. The molecule has 0 fully saturated rings. The normalized spacial score (nSPS) is 11.2. The Balaban J connectivity index is 2.25. The molecule has 1 aromatic carbocycles. The number of benzene rings is 1. The first-order chi connectivity index (χ1) is 8.87. The Hall–Kier alpha value is -1.59. The fourth-order valence-corrected chi connectivity index (χ4v) is 1.49. The minimum absolute atomic E-state index is 0.0913. The molecule has 0 atom stereocenters. The van der Waals surface area contributed by atoms with Gasteiger partial charge in [-0.25, -0.2) is 0 Å². The molecule has 1 aromatic rings. The third-order valence-electron chi connectivity index (χ3n) is 2.32. The zero-order chi connectivity index (χ0) is 14.3. The first-order valence-electron chi connectivity index (χ1n) is 6.35. The van der Waals surface area contributed by atoms with Gasteiger partial charge >= 0.3 is 0 Å². The number of carbonyl (C=O) groups excluding carboxylic acids is 1. The van der Waals surface area contributed by atoms with Crippen molar-refractivity contribution < 1.29 is 14.6 Å². The molecule has 0 aromatic heterocycles. The van der Waals surface area contributed by atoms with Crippen molar-refractivity contribution in [3.8, 4) is 5.75 Å². The maximum Gasteiger partial charge on any atom is 0.221 e. The van der Waals surface area contributed by atoms with E-state index in [4.69, 9.17) is 4.74 Å². The molecule has 106 valence electrons. The first kappa shape index (κ1) is 15.5. The van der Waals surface area contributed by atoms with Crippen LogP contribution in [-0.2, 0) is 4.79 Å². The monoisotopic (exact) mass is 266 g/mol. The Labute approximate surface area is 114 Å². The smallest absolute Gasteiger partial charge is 0.221 e. The van der Waals surface area contributed by atoms with Gasteiger partial charge in [-0.15, -0.1) is 0 Å². The Morgan fingerprint density at radius 1 is 1.32 bits per heavy atom. The van der Waals surface area contributed by atoms with Crippen LogP contribution in [0.2, 0.25) is 0 Å². The van der Waals surface area contributed by atoms with Crippen molar-refractivity contribution in [3.05, 3.63) is 24.3 Å². The van der Waals surface area contributed by atoms with Crippen molar-refractivity contribution in [1.29, 1.82) is 0 Å². The summed E-state index contributed by atoms with van der Waals surface area (Å²) in [7, 11) is 0. The average molecular weight is 266 g/mol. The summed E-state index contributed by atoms with van der Waals surface area (Å²) in [6.45, 7) is 6.14. The topological polar surface area (TPSA) is 70.6 Å². The van der Waals surface area contributed by atoms with Gasteiger partial charge in [0.25, 0.3) is 0 Å². The third-order valence-corrected chi connectivity index (χ3v) is 2.32. The molecule has 5 nitrogen and oxygen atoms in total. The lowest BCUT2D eigenvalue weighted by molar-refractivity contribution is -0.114. The molecule has 19 heavy (non-hydrogen) atoms. The third kappa shape index (κ3) is 7.43. The van der Waals surface area contributed by atoms with Gasteiger partial charge < -0.3 is 15.2 Å². The van der Waals surface area contributed by atoms with Gasteiger partial charge in [-0.2, -0.15) is 0 Å². The van der Waals surface area contributed by atoms with Crippen LogP contribution < -0.4 is 15.4 Å². The van der Waals surface area contributed by atoms with Crippen LogP contribution in [0.4, 0.5) is 5.69 Å². The number of aliphatic hydroxyl groups is 1. The van der Waals surface area contributed by atoms with Crippen LogP contribution in [0.1, 0.15) is 27.2 Å². The van der Waals surface area contributed by atoms with Gasteiger partial charge in [-0.05, 0) is 44.5 Å². The van der Waals surface area contributed by atoms with Crippen LogP contribution in [-0.4, -0.2) is 29.9 Å². The molecule has 0 heterocycles. The molecular formula is C14H22N2O3. The molecule has 0 unspecified atom stereocenters. The fraction of sp³-hybridized carbons (Fsp3) is 0.500. The van der Waals surface area contributed by atoms with E-state index in [1.54, 1.807) is 26.0 Å². The molecule has 0 aliphatic rings. The maximum absolute atomic E-state index is 10.9. The highest BCUT2D eigenvalue weighted by Gasteiger charge is 2.09. The second kappa shape index (κ2) is 7.11. The summed E-state index contributed by atoms with van der Waals surface area (Å²) >= 11 is 0. The van der Waals surface area contributed by atoms with Crippen LogP contribution in [0, 0.1) is 0 Å². The van der Waals surface area contributed by atoms with E-state index in [1.807, 2.05) is 12.1 Å². The summed E-state index contributed by atoms with van der Waals surface area (Å²) in [5.74, 6) is 0.670.